The van der Waals surface area contributed by atoms with Gasteiger partial charge in [-0.1, -0.05) is 11.3 Å². The Morgan fingerprint density at radius 2 is 2.32 bits per heavy atom. The maximum atomic E-state index is 12.8. The Hall–Kier alpha value is -3.72. The van der Waals surface area contributed by atoms with Gasteiger partial charge in [0, 0.05) is 30.5 Å². The van der Waals surface area contributed by atoms with Crippen LogP contribution in [0.1, 0.15) is 35.5 Å². The Labute approximate surface area is 180 Å². The van der Waals surface area contributed by atoms with Crippen LogP contribution in [0.15, 0.2) is 27.5 Å². The largest absolute Gasteiger partial charge is 0.488 e. The molecular weight excluding hydrogens is 422 g/mol. The number of carbonyl (C=O) groups is 1. The van der Waals surface area contributed by atoms with Crippen molar-refractivity contribution in [1.82, 2.24) is 20.0 Å². The molecule has 1 aliphatic heterocycles. The Balaban J connectivity index is 1.61. The Morgan fingerprint density at radius 3 is 3.03 bits per heavy atom. The highest BCUT2D eigenvalue weighted by Gasteiger charge is 2.30. The number of ether oxygens (including phenoxy) is 1. The van der Waals surface area contributed by atoms with E-state index in [1.165, 1.54) is 13.2 Å². The van der Waals surface area contributed by atoms with Crippen LogP contribution in [0.3, 0.4) is 0 Å². The van der Waals surface area contributed by atoms with E-state index < -0.39 is 11.5 Å². The van der Waals surface area contributed by atoms with E-state index in [-0.39, 0.29) is 22.7 Å². The predicted octanol–water partition coefficient (Wildman–Crippen LogP) is 2.13. The number of amides is 1. The number of carbonyl (C=O) groups excluding carboxylic acids is 1. The van der Waals surface area contributed by atoms with E-state index in [1.54, 1.807) is 10.9 Å². The first-order chi connectivity index (χ1) is 15.0. The molecule has 11 nitrogen and oxygen atoms in total. The van der Waals surface area contributed by atoms with Gasteiger partial charge in [0.05, 0.1) is 25.3 Å². The first kappa shape index (κ1) is 20.5. The lowest BCUT2D eigenvalue weighted by molar-refractivity contribution is 0.0991. The molecule has 0 aromatic carbocycles. The van der Waals surface area contributed by atoms with Crippen molar-refractivity contribution >= 4 is 28.1 Å². The molecule has 1 atom stereocenters. The van der Waals surface area contributed by atoms with Crippen LogP contribution in [-0.2, 0) is 0 Å². The van der Waals surface area contributed by atoms with Crippen molar-refractivity contribution in [2.24, 2.45) is 0 Å². The second-order valence-electron chi connectivity index (χ2n) is 6.90. The summed E-state index contributed by atoms with van der Waals surface area (Å²) in [6.45, 7) is 2.52. The average molecular weight is 441 g/mol. The number of methoxy groups -OCH3 is 1. The number of aryl methyl sites for hydroxylation is 1. The molecule has 0 aliphatic carbocycles. The van der Waals surface area contributed by atoms with Gasteiger partial charge in [-0.05, 0) is 25.8 Å². The molecule has 0 spiro atoms. The summed E-state index contributed by atoms with van der Waals surface area (Å²) >= 11 is 1.13. The molecular formula is C19H19N7O4S. The second kappa shape index (κ2) is 8.57. The molecule has 0 saturated carbocycles. The third kappa shape index (κ3) is 3.99. The number of hydrogen-bond acceptors (Lipinski definition) is 10. The van der Waals surface area contributed by atoms with Crippen LogP contribution in [0.2, 0.25) is 0 Å². The van der Waals surface area contributed by atoms with Gasteiger partial charge in [-0.3, -0.25) is 10.1 Å². The minimum atomic E-state index is -0.766. The molecule has 3 aromatic rings. The van der Waals surface area contributed by atoms with Gasteiger partial charge < -0.3 is 14.1 Å². The van der Waals surface area contributed by atoms with Gasteiger partial charge in [0.2, 0.25) is 16.0 Å². The molecule has 12 heteroatoms. The number of nitriles is 1. The molecule has 0 radical (unpaired) electrons. The topological polar surface area (TPSA) is 139 Å². The highest BCUT2D eigenvalue weighted by molar-refractivity contribution is 7.17. The lowest BCUT2D eigenvalue weighted by atomic mass is 10.1. The lowest BCUT2D eigenvalue weighted by Crippen LogP contribution is -2.31. The maximum absolute atomic E-state index is 12.8. The first-order valence-electron chi connectivity index (χ1n) is 9.53. The van der Waals surface area contributed by atoms with Crippen LogP contribution in [0, 0.1) is 18.3 Å². The van der Waals surface area contributed by atoms with Crippen molar-refractivity contribution in [1.29, 1.82) is 5.26 Å². The summed E-state index contributed by atoms with van der Waals surface area (Å²) < 4.78 is 12.0. The average Bonchev–Trinajstić information content (AvgIpc) is 3.49. The van der Waals surface area contributed by atoms with Gasteiger partial charge in [0.25, 0.3) is 5.91 Å². The van der Waals surface area contributed by atoms with Crippen molar-refractivity contribution in [3.63, 3.8) is 0 Å². The van der Waals surface area contributed by atoms with Gasteiger partial charge in [-0.2, -0.15) is 10.4 Å². The van der Waals surface area contributed by atoms with Gasteiger partial charge in [-0.25, -0.2) is 9.48 Å². The fourth-order valence-corrected chi connectivity index (χ4v) is 4.29. The van der Waals surface area contributed by atoms with Crippen LogP contribution in [-0.4, -0.2) is 45.6 Å². The number of nitrogens with one attached hydrogen (secondary N) is 1. The van der Waals surface area contributed by atoms with Crippen LogP contribution in [0.25, 0.3) is 5.13 Å². The van der Waals surface area contributed by atoms with Crippen LogP contribution >= 0.6 is 11.3 Å². The summed E-state index contributed by atoms with van der Waals surface area (Å²) in [5.41, 5.74) is 0.544. The van der Waals surface area contributed by atoms with Crippen LogP contribution in [0.5, 0.6) is 5.75 Å². The number of anilines is 2. The maximum Gasteiger partial charge on any atom is 0.381 e. The van der Waals surface area contributed by atoms with E-state index in [0.717, 1.165) is 29.9 Å². The van der Waals surface area contributed by atoms with Gasteiger partial charge in [0.1, 0.15) is 0 Å². The van der Waals surface area contributed by atoms with Crippen molar-refractivity contribution < 1.29 is 13.9 Å². The zero-order valence-corrected chi connectivity index (χ0v) is 17.7. The molecule has 4 heterocycles. The van der Waals surface area contributed by atoms with Gasteiger partial charge in [-0.15, -0.1) is 10.2 Å². The minimum absolute atomic E-state index is 0.00810. The van der Waals surface area contributed by atoms with Crippen LogP contribution < -0.4 is 20.6 Å². The zero-order chi connectivity index (χ0) is 22.0. The van der Waals surface area contributed by atoms with E-state index in [1.807, 2.05) is 17.9 Å². The van der Waals surface area contributed by atoms with E-state index in [4.69, 9.17) is 14.4 Å². The molecule has 1 aliphatic rings. The summed E-state index contributed by atoms with van der Waals surface area (Å²) in [6.07, 6.45) is 3.64. The zero-order valence-electron chi connectivity index (χ0n) is 16.9. The lowest BCUT2D eigenvalue weighted by Gasteiger charge is -2.26. The van der Waals surface area contributed by atoms with Gasteiger partial charge in [0.15, 0.2) is 5.76 Å². The van der Waals surface area contributed by atoms with E-state index in [0.29, 0.717) is 23.8 Å². The highest BCUT2D eigenvalue weighted by atomic mass is 32.1. The molecule has 160 valence electrons. The summed E-state index contributed by atoms with van der Waals surface area (Å²) in [4.78, 5) is 27.1. The Kier molecular flexibility index (Phi) is 5.68. The van der Waals surface area contributed by atoms with Crippen molar-refractivity contribution in [2.45, 2.75) is 32.2 Å². The molecule has 1 saturated heterocycles. The number of rotatable bonds is 6. The van der Waals surface area contributed by atoms with Crippen molar-refractivity contribution in [2.75, 3.05) is 23.9 Å². The third-order valence-corrected chi connectivity index (χ3v) is 5.79. The normalized spacial score (nSPS) is 15.6. The SMILES string of the molecule is COc1c(N2CCC[C@@H]2CC#N)cc(C(=O)Nc2nnc(-n3nccc3C)s2)oc1=O. The molecule has 1 amide bonds. The Bertz CT molecular complexity index is 1210. The predicted molar refractivity (Wildman–Crippen MR) is 112 cm³/mol. The second-order valence-corrected chi connectivity index (χ2v) is 7.85. The summed E-state index contributed by atoms with van der Waals surface area (Å²) in [5, 5.41) is 24.6. The summed E-state index contributed by atoms with van der Waals surface area (Å²) in [5.74, 6) is -0.818. The molecule has 0 bridgehead atoms. The number of nitrogens with zero attached hydrogens (tertiary/aromatic N) is 6. The van der Waals surface area contributed by atoms with Gasteiger partial charge >= 0.3 is 5.63 Å². The smallest absolute Gasteiger partial charge is 0.381 e. The standard InChI is InChI=1S/C19H19N7O4S/c1-11-6-8-21-26(11)19-24-23-18(31-19)22-16(27)14-10-13(15(29-2)17(28)30-14)25-9-3-4-12(25)5-7-20/h6,8,10,12H,3-5,9H2,1-2H3,(H,22,23,27)/t12-/m1/s1. The van der Waals surface area contributed by atoms with E-state index in [2.05, 4.69) is 26.7 Å². The molecule has 1 fully saturated rings. The fourth-order valence-electron chi connectivity index (χ4n) is 3.53. The Morgan fingerprint density at radius 1 is 1.48 bits per heavy atom. The summed E-state index contributed by atoms with van der Waals surface area (Å²) in [6, 6.07) is 5.40. The first-order valence-corrected chi connectivity index (χ1v) is 10.3. The third-order valence-electron chi connectivity index (χ3n) is 4.98. The molecule has 0 unspecified atom stereocenters. The monoisotopic (exact) mass is 441 g/mol. The quantitative estimate of drug-likeness (QED) is 0.609. The fraction of sp³-hybridized carbons (Fsp3) is 0.368. The molecule has 3 aromatic heterocycles. The van der Waals surface area contributed by atoms with Crippen LogP contribution in [0.4, 0.5) is 10.8 Å². The summed E-state index contributed by atoms with van der Waals surface area (Å²) in [7, 11) is 1.37. The number of hydrogen-bond donors (Lipinski definition) is 1. The molecule has 1 N–H and O–H groups in total. The van der Waals surface area contributed by atoms with Crippen molar-refractivity contribution in [3.8, 4) is 17.0 Å². The van der Waals surface area contributed by atoms with Crippen molar-refractivity contribution in [3.05, 3.63) is 40.2 Å². The molecule has 31 heavy (non-hydrogen) atoms. The van der Waals surface area contributed by atoms with E-state index >= 15 is 0 Å². The van der Waals surface area contributed by atoms with E-state index in [9.17, 15) is 9.59 Å². The number of aromatic nitrogens is 4. The molecule has 4 rings (SSSR count). The minimum Gasteiger partial charge on any atom is -0.488 e. The highest BCUT2D eigenvalue weighted by Crippen LogP contribution is 2.33.